The van der Waals surface area contributed by atoms with Crippen LogP contribution >= 0.6 is 11.6 Å². The van der Waals surface area contributed by atoms with E-state index in [4.69, 9.17) is 16.1 Å². The Morgan fingerprint density at radius 2 is 2.08 bits per heavy atom. The van der Waals surface area contributed by atoms with Crippen LogP contribution in [0.5, 0.6) is 0 Å². The number of aromatic nitrogens is 1. The minimum absolute atomic E-state index is 0.0281. The van der Waals surface area contributed by atoms with Crippen LogP contribution in [-0.4, -0.2) is 31.4 Å². The summed E-state index contributed by atoms with van der Waals surface area (Å²) in [7, 11) is -1.47. The molecule has 2 aromatic rings. The minimum atomic E-state index is -1.47. The molecule has 0 fully saturated rings. The van der Waals surface area contributed by atoms with Gasteiger partial charge in [0, 0.05) is 10.6 Å². The molecule has 0 radical (unpaired) electrons. The molecule has 0 unspecified atom stereocenters. The van der Waals surface area contributed by atoms with Crippen LogP contribution < -0.4 is 0 Å². The van der Waals surface area contributed by atoms with Gasteiger partial charge >= 0.3 is 5.97 Å². The van der Waals surface area contributed by atoms with Crippen LogP contribution in [0.4, 0.5) is 0 Å². The summed E-state index contributed by atoms with van der Waals surface area (Å²) in [5.74, 6) is -0.871. The molecule has 0 amide bonds. The summed E-state index contributed by atoms with van der Waals surface area (Å²) >= 11 is 5.89. The van der Waals surface area contributed by atoms with Gasteiger partial charge < -0.3 is 9.63 Å². The smallest absolute Gasteiger partial charge is 0.336 e. The number of aromatic carboxylic acids is 1. The number of halogens is 1. The number of hydrogen-bond donors (Lipinski definition) is 1. The van der Waals surface area contributed by atoms with Gasteiger partial charge in [-0.15, -0.1) is 0 Å². The van der Waals surface area contributed by atoms with Crippen molar-refractivity contribution in [1.29, 1.82) is 0 Å². The van der Waals surface area contributed by atoms with Crippen LogP contribution in [0.1, 0.15) is 42.6 Å². The third-order valence-electron chi connectivity index (χ3n) is 3.16. The van der Waals surface area contributed by atoms with Gasteiger partial charge in [0.1, 0.15) is 11.0 Å². The van der Waals surface area contributed by atoms with Crippen molar-refractivity contribution in [1.82, 2.24) is 5.16 Å². The lowest BCUT2D eigenvalue weighted by Crippen LogP contribution is -2.19. The normalized spacial score (nSPS) is 13.4. The molecule has 0 bridgehead atoms. The van der Waals surface area contributed by atoms with Crippen molar-refractivity contribution in [2.45, 2.75) is 32.4 Å². The van der Waals surface area contributed by atoms with Crippen molar-refractivity contribution in [3.63, 3.8) is 0 Å². The second-order valence-electron chi connectivity index (χ2n) is 6.10. The topological polar surface area (TPSA) is 92.8 Å². The maximum atomic E-state index is 12.1. The number of hydrogen-bond acceptors (Lipinski definition) is 4. The van der Waals surface area contributed by atoms with E-state index in [2.05, 4.69) is 9.55 Å². The van der Waals surface area contributed by atoms with E-state index in [1.807, 2.05) is 0 Å². The van der Waals surface area contributed by atoms with Crippen molar-refractivity contribution in [2.75, 3.05) is 0 Å². The Balaban J connectivity index is 2.55. The van der Waals surface area contributed by atoms with E-state index in [9.17, 15) is 14.1 Å². The first-order valence-corrected chi connectivity index (χ1v) is 8.55. The highest BCUT2D eigenvalue weighted by atomic mass is 35.5. The summed E-state index contributed by atoms with van der Waals surface area (Å²) in [6.07, 6.45) is 1.32. The predicted molar refractivity (Wildman–Crippen MR) is 94.1 cm³/mol. The van der Waals surface area contributed by atoms with Gasteiger partial charge in [-0.3, -0.25) is 0 Å². The summed E-state index contributed by atoms with van der Waals surface area (Å²) in [5.41, 5.74) is 1.43. The van der Waals surface area contributed by atoms with Crippen molar-refractivity contribution in [3.8, 4) is 11.1 Å². The number of carboxylic acid groups (broad SMARTS) is 1. The third kappa shape index (κ3) is 3.91. The Morgan fingerprint density at radius 1 is 1.42 bits per heavy atom. The van der Waals surface area contributed by atoms with Crippen LogP contribution in [0.25, 0.3) is 11.1 Å². The molecule has 6 nitrogen and oxygen atoms in total. The Morgan fingerprint density at radius 3 is 2.67 bits per heavy atom. The van der Waals surface area contributed by atoms with Gasteiger partial charge in [-0.1, -0.05) is 22.8 Å². The first-order chi connectivity index (χ1) is 11.1. The van der Waals surface area contributed by atoms with Crippen LogP contribution in [0, 0.1) is 6.92 Å². The Hall–Kier alpha value is -1.99. The number of carboxylic acids is 1. The van der Waals surface area contributed by atoms with Gasteiger partial charge in [0.25, 0.3) is 0 Å². The largest absolute Gasteiger partial charge is 0.478 e. The average Bonchev–Trinajstić information content (AvgIpc) is 2.84. The van der Waals surface area contributed by atoms with Gasteiger partial charge in [-0.25, -0.2) is 9.00 Å². The second kappa shape index (κ2) is 6.86. The van der Waals surface area contributed by atoms with Gasteiger partial charge in [0.2, 0.25) is 0 Å². The van der Waals surface area contributed by atoms with E-state index >= 15 is 0 Å². The number of benzene rings is 1. The zero-order valence-corrected chi connectivity index (χ0v) is 15.2. The molecule has 128 valence electrons. The lowest BCUT2D eigenvalue weighted by Gasteiger charge is -2.12. The molecular formula is C16H17ClN2O4S. The van der Waals surface area contributed by atoms with Gasteiger partial charge in [0.05, 0.1) is 27.8 Å². The van der Waals surface area contributed by atoms with Gasteiger partial charge in [-0.05, 0) is 39.8 Å². The van der Waals surface area contributed by atoms with E-state index in [1.165, 1.54) is 12.3 Å². The number of aryl methyl sites for hydroxylation is 1. The van der Waals surface area contributed by atoms with Gasteiger partial charge in [-0.2, -0.15) is 4.40 Å². The fourth-order valence-corrected chi connectivity index (χ4v) is 2.65. The summed E-state index contributed by atoms with van der Waals surface area (Å²) < 4.78 is 20.8. The van der Waals surface area contributed by atoms with Crippen LogP contribution in [0.15, 0.2) is 27.1 Å². The van der Waals surface area contributed by atoms with Crippen LogP contribution in [0.3, 0.4) is 0 Å². The summed E-state index contributed by atoms with van der Waals surface area (Å²) in [5, 5.41) is 13.6. The maximum Gasteiger partial charge on any atom is 0.336 e. The second-order valence-corrected chi connectivity index (χ2v) is 8.47. The fourth-order valence-electron chi connectivity index (χ4n) is 1.97. The molecule has 0 saturated carbocycles. The number of carbonyl (C=O) groups is 1. The summed E-state index contributed by atoms with van der Waals surface area (Å²) in [6.45, 7) is 7.09. The zero-order valence-electron chi connectivity index (χ0n) is 13.7. The molecule has 24 heavy (non-hydrogen) atoms. The average molecular weight is 369 g/mol. The van der Waals surface area contributed by atoms with E-state index in [0.717, 1.165) is 0 Å². The summed E-state index contributed by atoms with van der Waals surface area (Å²) in [6, 6.07) is 4.53. The quantitative estimate of drug-likeness (QED) is 0.826. The van der Waals surface area contributed by atoms with E-state index in [1.54, 1.807) is 39.8 Å². The predicted octanol–water partition coefficient (Wildman–Crippen LogP) is 3.88. The van der Waals surface area contributed by atoms with Gasteiger partial charge in [0.15, 0.2) is 5.76 Å². The van der Waals surface area contributed by atoms with E-state index in [0.29, 0.717) is 21.8 Å². The molecule has 2 rings (SSSR count). The standard InChI is InChI=1S/C16H17ClN2O4S/c1-9-14(11-6-5-10(17)7-12(11)15(20)21)13(23-19-9)8-18-24(22)16(2,3)4/h5-8H,1-4H3,(H,20,21)/t24-/m0/s1. The van der Waals surface area contributed by atoms with Crippen molar-refractivity contribution >= 4 is 34.8 Å². The molecule has 1 aromatic carbocycles. The molecule has 0 aliphatic heterocycles. The molecule has 1 aromatic heterocycles. The molecule has 0 spiro atoms. The third-order valence-corrected chi connectivity index (χ3v) is 4.74. The first-order valence-electron chi connectivity index (χ1n) is 7.07. The Bertz CT molecular complexity index is 837. The highest BCUT2D eigenvalue weighted by Crippen LogP contribution is 2.31. The van der Waals surface area contributed by atoms with Crippen LogP contribution in [0.2, 0.25) is 5.02 Å². The minimum Gasteiger partial charge on any atom is -0.478 e. The van der Waals surface area contributed by atoms with E-state index < -0.39 is 21.7 Å². The summed E-state index contributed by atoms with van der Waals surface area (Å²) in [4.78, 5) is 11.5. The zero-order chi connectivity index (χ0) is 18.1. The SMILES string of the molecule is Cc1noc(C=N[S@@](=O)C(C)(C)C)c1-c1ccc(Cl)cc1C(=O)O. The molecule has 8 heteroatoms. The first kappa shape index (κ1) is 18.4. The lowest BCUT2D eigenvalue weighted by atomic mass is 9.98. The van der Waals surface area contributed by atoms with Crippen molar-refractivity contribution in [2.24, 2.45) is 4.40 Å². The molecule has 0 aliphatic rings. The van der Waals surface area contributed by atoms with Crippen LogP contribution in [-0.2, 0) is 11.0 Å². The molecule has 1 heterocycles. The fraction of sp³-hybridized carbons (Fsp3) is 0.312. The number of rotatable bonds is 4. The highest BCUT2D eigenvalue weighted by Gasteiger charge is 2.22. The van der Waals surface area contributed by atoms with Crippen molar-refractivity contribution in [3.05, 3.63) is 40.2 Å². The monoisotopic (exact) mass is 368 g/mol. The van der Waals surface area contributed by atoms with Crippen molar-refractivity contribution < 1.29 is 18.6 Å². The lowest BCUT2D eigenvalue weighted by molar-refractivity contribution is 0.0697. The Kier molecular flexibility index (Phi) is 5.25. The van der Waals surface area contributed by atoms with E-state index in [-0.39, 0.29) is 11.3 Å². The number of nitrogens with zero attached hydrogens (tertiary/aromatic N) is 2. The molecule has 1 atom stereocenters. The maximum absolute atomic E-state index is 12.1. The molecule has 1 N–H and O–H groups in total. The Labute approximate surface area is 147 Å². The molecule has 0 saturated heterocycles. The molecular weight excluding hydrogens is 352 g/mol. The highest BCUT2D eigenvalue weighted by molar-refractivity contribution is 7.85. The molecule has 0 aliphatic carbocycles.